The van der Waals surface area contributed by atoms with Crippen molar-refractivity contribution < 1.29 is 9.31 Å². The smallest absolute Gasteiger partial charge is 0.206 e. The first-order valence-electron chi connectivity index (χ1n) is 7.37. The number of carbonyl (C=O) groups excluding carboxylic acids is 1. The van der Waals surface area contributed by atoms with Gasteiger partial charge in [-0.1, -0.05) is 41.8 Å². The van der Waals surface area contributed by atoms with Crippen LogP contribution in [0.4, 0.5) is 0 Å². The molecule has 0 bridgehead atoms. The van der Waals surface area contributed by atoms with E-state index in [2.05, 4.69) is 19.1 Å². The summed E-state index contributed by atoms with van der Waals surface area (Å²) in [4.78, 5) is 12.6. The second kappa shape index (κ2) is 5.92. The largest absolute Gasteiger partial charge is 0.292 e. The van der Waals surface area contributed by atoms with E-state index in [1.165, 1.54) is 5.56 Å². The van der Waals surface area contributed by atoms with Crippen LogP contribution in [0.15, 0.2) is 61.1 Å². The highest BCUT2D eigenvalue weighted by Gasteiger charge is 2.21. The number of fused-ring (bicyclic) bond motifs is 1. The van der Waals surface area contributed by atoms with E-state index in [0.717, 1.165) is 24.1 Å². The highest BCUT2D eigenvalue weighted by molar-refractivity contribution is 5.95. The summed E-state index contributed by atoms with van der Waals surface area (Å²) in [5, 5.41) is 0. The normalized spacial score (nSPS) is 10.9. The van der Waals surface area contributed by atoms with E-state index in [0.29, 0.717) is 6.42 Å². The summed E-state index contributed by atoms with van der Waals surface area (Å²) in [5.74, 6) is 0.203. The molecule has 3 heteroatoms. The van der Waals surface area contributed by atoms with E-state index in [1.54, 1.807) is 0 Å². The minimum atomic E-state index is 0.203. The van der Waals surface area contributed by atoms with Gasteiger partial charge in [0.15, 0.2) is 11.5 Å². The van der Waals surface area contributed by atoms with E-state index in [9.17, 15) is 4.79 Å². The molecule has 2 heterocycles. The van der Waals surface area contributed by atoms with Crippen LogP contribution in [-0.4, -0.2) is 10.3 Å². The van der Waals surface area contributed by atoms with Gasteiger partial charge in [-0.05, 0) is 24.5 Å². The third kappa shape index (κ3) is 2.72. The van der Waals surface area contributed by atoms with Gasteiger partial charge >= 0.3 is 0 Å². The zero-order valence-electron chi connectivity index (χ0n) is 12.2. The molecule has 3 aromatic rings. The van der Waals surface area contributed by atoms with Gasteiger partial charge < -0.3 is 0 Å². The monoisotopic (exact) mass is 279 g/mol. The molecule has 0 unspecified atom stereocenters. The van der Waals surface area contributed by atoms with Crippen LogP contribution in [0.5, 0.6) is 0 Å². The molecule has 2 aromatic heterocycles. The maximum absolute atomic E-state index is 12.6. The molecule has 106 valence electrons. The SMILES string of the molecule is CCc1c[n+]2ccccn2c1C(=O)CCc1ccccc1. The molecular weight excluding hydrogens is 260 g/mol. The van der Waals surface area contributed by atoms with Crippen LogP contribution in [0.2, 0.25) is 0 Å². The molecular formula is C18H19N2O+. The van der Waals surface area contributed by atoms with E-state index >= 15 is 0 Å². The van der Waals surface area contributed by atoms with Crippen LogP contribution >= 0.6 is 0 Å². The van der Waals surface area contributed by atoms with Gasteiger partial charge in [-0.25, -0.2) is 0 Å². The van der Waals surface area contributed by atoms with Crippen molar-refractivity contribution >= 4 is 5.78 Å². The van der Waals surface area contributed by atoms with Crippen molar-refractivity contribution in [2.45, 2.75) is 26.2 Å². The quantitative estimate of drug-likeness (QED) is 0.521. The van der Waals surface area contributed by atoms with Crippen LogP contribution in [-0.2, 0) is 12.8 Å². The Morgan fingerprint density at radius 1 is 1.14 bits per heavy atom. The summed E-state index contributed by atoms with van der Waals surface area (Å²) >= 11 is 0. The Morgan fingerprint density at radius 3 is 2.71 bits per heavy atom. The highest BCUT2D eigenvalue weighted by Crippen LogP contribution is 2.12. The number of carbonyl (C=O) groups is 1. The number of aromatic nitrogens is 2. The van der Waals surface area contributed by atoms with Crippen molar-refractivity contribution in [2.24, 2.45) is 0 Å². The first kappa shape index (κ1) is 13.6. The van der Waals surface area contributed by atoms with Crippen molar-refractivity contribution in [1.29, 1.82) is 0 Å². The van der Waals surface area contributed by atoms with Gasteiger partial charge in [0.25, 0.3) is 0 Å². The summed E-state index contributed by atoms with van der Waals surface area (Å²) in [6.07, 6.45) is 8.13. The fourth-order valence-corrected chi connectivity index (χ4v) is 2.67. The molecule has 0 amide bonds. The third-order valence-corrected chi connectivity index (χ3v) is 3.78. The number of nitrogens with zero attached hydrogens (tertiary/aromatic N) is 2. The molecule has 1 aromatic carbocycles. The van der Waals surface area contributed by atoms with Gasteiger partial charge in [0.05, 0.1) is 11.8 Å². The number of benzene rings is 1. The van der Waals surface area contributed by atoms with E-state index in [4.69, 9.17) is 0 Å². The van der Waals surface area contributed by atoms with E-state index in [-0.39, 0.29) is 5.78 Å². The lowest BCUT2D eigenvalue weighted by atomic mass is 10.0. The van der Waals surface area contributed by atoms with Gasteiger partial charge in [0.1, 0.15) is 0 Å². The van der Waals surface area contributed by atoms with Gasteiger partial charge in [-0.3, -0.25) is 4.79 Å². The second-order valence-corrected chi connectivity index (χ2v) is 5.17. The first-order chi connectivity index (χ1) is 10.3. The fraction of sp³-hybridized carbons (Fsp3) is 0.222. The Bertz CT molecular complexity index is 759. The minimum absolute atomic E-state index is 0.203. The molecule has 0 saturated carbocycles. The molecule has 21 heavy (non-hydrogen) atoms. The predicted octanol–water partition coefficient (Wildman–Crippen LogP) is 2.90. The van der Waals surface area contributed by atoms with Crippen molar-refractivity contribution in [1.82, 2.24) is 4.52 Å². The first-order valence-corrected chi connectivity index (χ1v) is 7.37. The number of rotatable bonds is 5. The molecule has 0 spiro atoms. The molecule has 0 atom stereocenters. The molecule has 0 fully saturated rings. The standard InChI is InChI=1S/C18H19N2O/c1-2-16-14-19-12-6-7-13-20(19)18(16)17(21)11-10-15-8-4-3-5-9-15/h3-9,12-14H,2,10-11H2,1H3/q+1. The van der Waals surface area contributed by atoms with Crippen LogP contribution in [0.25, 0.3) is 0 Å². The molecule has 0 aliphatic heterocycles. The molecule has 0 radical (unpaired) electrons. The van der Waals surface area contributed by atoms with Crippen LogP contribution < -0.4 is 4.52 Å². The number of aryl methyl sites for hydroxylation is 2. The van der Waals surface area contributed by atoms with Crippen molar-refractivity contribution in [3.8, 4) is 0 Å². The minimum Gasteiger partial charge on any atom is -0.292 e. The Hall–Kier alpha value is -2.42. The lowest BCUT2D eigenvalue weighted by Crippen LogP contribution is -2.27. The van der Waals surface area contributed by atoms with Gasteiger partial charge in [0.2, 0.25) is 12.4 Å². The lowest BCUT2D eigenvalue weighted by Gasteiger charge is -2.01. The average molecular weight is 279 g/mol. The Kier molecular flexibility index (Phi) is 3.82. The van der Waals surface area contributed by atoms with Gasteiger partial charge in [0, 0.05) is 12.5 Å². The third-order valence-electron chi connectivity index (χ3n) is 3.78. The Morgan fingerprint density at radius 2 is 1.95 bits per heavy atom. The molecule has 3 rings (SSSR count). The summed E-state index contributed by atoms with van der Waals surface area (Å²) in [7, 11) is 0. The summed E-state index contributed by atoms with van der Waals surface area (Å²) in [5.41, 5.74) is 3.12. The molecule has 0 aliphatic carbocycles. The number of hydrogen-bond acceptors (Lipinski definition) is 1. The molecule has 3 nitrogen and oxygen atoms in total. The molecule has 0 N–H and O–H groups in total. The van der Waals surface area contributed by atoms with Gasteiger partial charge in [-0.15, -0.1) is 4.52 Å². The summed E-state index contributed by atoms with van der Waals surface area (Å²) < 4.78 is 3.90. The number of hydrogen-bond donors (Lipinski definition) is 0. The maximum atomic E-state index is 12.6. The molecule has 0 aliphatic rings. The van der Waals surface area contributed by atoms with Crippen molar-refractivity contribution in [3.63, 3.8) is 0 Å². The summed E-state index contributed by atoms with van der Waals surface area (Å²) in [6.45, 7) is 2.09. The maximum Gasteiger partial charge on any atom is 0.206 e. The second-order valence-electron chi connectivity index (χ2n) is 5.17. The number of ketones is 1. The van der Waals surface area contributed by atoms with Crippen molar-refractivity contribution in [3.05, 3.63) is 77.9 Å². The average Bonchev–Trinajstić information content (AvgIpc) is 2.92. The van der Waals surface area contributed by atoms with Gasteiger partial charge in [-0.2, -0.15) is 0 Å². The Balaban J connectivity index is 1.87. The lowest BCUT2D eigenvalue weighted by molar-refractivity contribution is -0.618. The van der Waals surface area contributed by atoms with E-state index in [1.807, 2.05) is 58.0 Å². The Labute approximate surface area is 124 Å². The fourth-order valence-electron chi connectivity index (χ4n) is 2.67. The highest BCUT2D eigenvalue weighted by atomic mass is 16.1. The topological polar surface area (TPSA) is 25.6 Å². The van der Waals surface area contributed by atoms with Crippen LogP contribution in [0.3, 0.4) is 0 Å². The van der Waals surface area contributed by atoms with Crippen LogP contribution in [0, 0.1) is 0 Å². The molecule has 0 saturated heterocycles. The van der Waals surface area contributed by atoms with Crippen molar-refractivity contribution in [2.75, 3.05) is 0 Å². The summed E-state index contributed by atoms with van der Waals surface area (Å²) in [6, 6.07) is 14.1. The number of Topliss-reactive ketones (excluding diaryl/α,β-unsaturated/α-hetero) is 1. The zero-order valence-corrected chi connectivity index (χ0v) is 12.2. The predicted molar refractivity (Wildman–Crippen MR) is 81.5 cm³/mol. The van der Waals surface area contributed by atoms with Crippen LogP contribution in [0.1, 0.15) is 35.0 Å². The van der Waals surface area contributed by atoms with E-state index < -0.39 is 0 Å². The zero-order chi connectivity index (χ0) is 14.7.